The molecule has 0 saturated carbocycles. The molecule has 2 atom stereocenters. The molecule has 0 aromatic carbocycles. The first-order chi connectivity index (χ1) is 5.82. The van der Waals surface area contributed by atoms with Gasteiger partial charge in [0.15, 0.2) is 0 Å². The van der Waals surface area contributed by atoms with E-state index in [-0.39, 0.29) is 16.9 Å². The Morgan fingerprint density at radius 3 is 2.08 bits per heavy atom. The second-order valence-corrected chi connectivity index (χ2v) is 5.57. The van der Waals surface area contributed by atoms with Crippen LogP contribution in [0.25, 0.3) is 0 Å². The van der Waals surface area contributed by atoms with Crippen molar-refractivity contribution < 1.29 is 4.74 Å². The summed E-state index contributed by atoms with van der Waals surface area (Å²) in [6.45, 7) is 12.8. The van der Waals surface area contributed by atoms with Crippen LogP contribution in [0.2, 0.25) is 0 Å². The molecule has 1 saturated heterocycles. The molecular weight excluding hydrogens is 162 g/mol. The molecular formula is C11H23NO. The summed E-state index contributed by atoms with van der Waals surface area (Å²) < 4.78 is 5.54. The van der Waals surface area contributed by atoms with Gasteiger partial charge < -0.3 is 10.5 Å². The second-order valence-electron chi connectivity index (χ2n) is 5.57. The van der Waals surface area contributed by atoms with Gasteiger partial charge in [0.25, 0.3) is 0 Å². The topological polar surface area (TPSA) is 35.2 Å². The summed E-state index contributed by atoms with van der Waals surface area (Å²) in [4.78, 5) is 0. The van der Waals surface area contributed by atoms with Crippen LogP contribution in [-0.2, 0) is 4.74 Å². The highest BCUT2D eigenvalue weighted by Gasteiger charge is 2.52. The number of hydrogen-bond acceptors (Lipinski definition) is 2. The Morgan fingerprint density at radius 2 is 1.92 bits per heavy atom. The van der Waals surface area contributed by atoms with E-state index in [1.807, 2.05) is 0 Å². The van der Waals surface area contributed by atoms with E-state index in [2.05, 4.69) is 34.6 Å². The van der Waals surface area contributed by atoms with Crippen molar-refractivity contribution in [1.82, 2.24) is 0 Å². The molecule has 0 aliphatic carbocycles. The molecule has 13 heavy (non-hydrogen) atoms. The molecule has 2 nitrogen and oxygen atoms in total. The van der Waals surface area contributed by atoms with E-state index in [0.717, 1.165) is 13.2 Å². The Balaban J connectivity index is 3.01. The standard InChI is InChI=1S/C11H23NO/c1-8(2)11(10(3,4)5)7-13-6-9(11)12/h8-9H,6-7,12H2,1-5H3/t9-,11?/m1/s1. The molecule has 0 aromatic heterocycles. The van der Waals surface area contributed by atoms with Gasteiger partial charge in [0.1, 0.15) is 0 Å². The summed E-state index contributed by atoms with van der Waals surface area (Å²) >= 11 is 0. The summed E-state index contributed by atoms with van der Waals surface area (Å²) in [6.07, 6.45) is 0. The minimum absolute atomic E-state index is 0.146. The van der Waals surface area contributed by atoms with Gasteiger partial charge in [-0.25, -0.2) is 0 Å². The first-order valence-electron chi connectivity index (χ1n) is 5.15. The molecule has 0 radical (unpaired) electrons. The zero-order valence-electron chi connectivity index (χ0n) is 9.55. The van der Waals surface area contributed by atoms with Crippen LogP contribution in [0.15, 0.2) is 0 Å². The highest BCUT2D eigenvalue weighted by atomic mass is 16.5. The molecule has 1 heterocycles. The van der Waals surface area contributed by atoms with Gasteiger partial charge in [-0.2, -0.15) is 0 Å². The molecule has 1 unspecified atom stereocenters. The molecule has 78 valence electrons. The second kappa shape index (κ2) is 3.25. The van der Waals surface area contributed by atoms with Crippen LogP contribution >= 0.6 is 0 Å². The Morgan fingerprint density at radius 1 is 1.38 bits per heavy atom. The number of ether oxygens (including phenoxy) is 1. The monoisotopic (exact) mass is 185 g/mol. The predicted octanol–water partition coefficient (Wildman–Crippen LogP) is 2.03. The Hall–Kier alpha value is -0.0800. The van der Waals surface area contributed by atoms with Crippen molar-refractivity contribution in [2.75, 3.05) is 13.2 Å². The fourth-order valence-corrected chi connectivity index (χ4v) is 2.84. The Bertz CT molecular complexity index is 183. The molecule has 2 N–H and O–H groups in total. The predicted molar refractivity (Wildman–Crippen MR) is 55.5 cm³/mol. The third-order valence-corrected chi connectivity index (χ3v) is 3.73. The normalized spacial score (nSPS) is 35.8. The Labute approximate surface area is 81.8 Å². The van der Waals surface area contributed by atoms with Crippen molar-refractivity contribution in [2.24, 2.45) is 22.5 Å². The molecule has 2 heteroatoms. The maximum atomic E-state index is 6.18. The van der Waals surface area contributed by atoms with E-state index in [4.69, 9.17) is 10.5 Å². The maximum Gasteiger partial charge on any atom is 0.0624 e. The molecule has 0 aromatic rings. The summed E-state index contributed by atoms with van der Waals surface area (Å²) in [7, 11) is 0. The third kappa shape index (κ3) is 1.50. The Kier molecular flexibility index (Phi) is 2.75. The van der Waals surface area contributed by atoms with Crippen LogP contribution in [0.1, 0.15) is 34.6 Å². The minimum atomic E-state index is 0.146. The first-order valence-corrected chi connectivity index (χ1v) is 5.15. The first kappa shape index (κ1) is 11.0. The van der Waals surface area contributed by atoms with E-state index in [1.54, 1.807) is 0 Å². The molecule has 1 aliphatic heterocycles. The van der Waals surface area contributed by atoms with Gasteiger partial charge in [-0.05, 0) is 11.3 Å². The highest BCUT2D eigenvalue weighted by molar-refractivity contribution is 5.02. The van der Waals surface area contributed by atoms with Crippen molar-refractivity contribution in [3.63, 3.8) is 0 Å². The van der Waals surface area contributed by atoms with Gasteiger partial charge >= 0.3 is 0 Å². The maximum absolute atomic E-state index is 6.18. The van der Waals surface area contributed by atoms with Crippen LogP contribution < -0.4 is 5.73 Å². The summed E-state index contributed by atoms with van der Waals surface area (Å²) in [5.74, 6) is 0.574. The lowest BCUT2D eigenvalue weighted by Gasteiger charge is -2.47. The van der Waals surface area contributed by atoms with Crippen molar-refractivity contribution in [1.29, 1.82) is 0 Å². The smallest absolute Gasteiger partial charge is 0.0624 e. The lowest BCUT2D eigenvalue weighted by Crippen LogP contribution is -2.52. The average Bonchev–Trinajstić information content (AvgIpc) is 2.29. The SMILES string of the molecule is CC(C)C1(C(C)(C)C)COC[C@H]1N. The summed E-state index contributed by atoms with van der Waals surface area (Å²) in [5.41, 5.74) is 6.54. The van der Waals surface area contributed by atoms with Crippen molar-refractivity contribution >= 4 is 0 Å². The van der Waals surface area contributed by atoms with Gasteiger partial charge in [0.2, 0.25) is 0 Å². The largest absolute Gasteiger partial charge is 0.379 e. The van der Waals surface area contributed by atoms with Gasteiger partial charge in [-0.3, -0.25) is 0 Å². The van der Waals surface area contributed by atoms with Crippen LogP contribution in [0.5, 0.6) is 0 Å². The molecule has 0 bridgehead atoms. The summed E-state index contributed by atoms with van der Waals surface area (Å²) in [6, 6.07) is 0.187. The average molecular weight is 185 g/mol. The van der Waals surface area contributed by atoms with Gasteiger partial charge in [0, 0.05) is 11.5 Å². The van der Waals surface area contributed by atoms with E-state index < -0.39 is 0 Å². The molecule has 1 fully saturated rings. The third-order valence-electron chi connectivity index (χ3n) is 3.73. The molecule has 0 spiro atoms. The number of hydrogen-bond donors (Lipinski definition) is 1. The highest BCUT2D eigenvalue weighted by Crippen LogP contribution is 2.49. The molecule has 1 rings (SSSR count). The fourth-order valence-electron chi connectivity index (χ4n) is 2.84. The number of rotatable bonds is 1. The van der Waals surface area contributed by atoms with E-state index in [9.17, 15) is 0 Å². The van der Waals surface area contributed by atoms with E-state index in [1.165, 1.54) is 0 Å². The minimum Gasteiger partial charge on any atom is -0.379 e. The molecule has 0 amide bonds. The van der Waals surface area contributed by atoms with Gasteiger partial charge in [0.05, 0.1) is 13.2 Å². The lowest BCUT2D eigenvalue weighted by atomic mass is 9.58. The van der Waals surface area contributed by atoms with E-state index in [0.29, 0.717) is 5.92 Å². The zero-order chi connectivity index (χ0) is 10.3. The summed E-state index contributed by atoms with van der Waals surface area (Å²) in [5, 5.41) is 0. The van der Waals surface area contributed by atoms with Crippen molar-refractivity contribution in [3.8, 4) is 0 Å². The lowest BCUT2D eigenvalue weighted by molar-refractivity contribution is 0.00834. The van der Waals surface area contributed by atoms with Crippen LogP contribution in [0, 0.1) is 16.7 Å². The van der Waals surface area contributed by atoms with Crippen LogP contribution in [0.4, 0.5) is 0 Å². The zero-order valence-corrected chi connectivity index (χ0v) is 9.55. The van der Waals surface area contributed by atoms with Gasteiger partial charge in [-0.1, -0.05) is 34.6 Å². The van der Waals surface area contributed by atoms with Gasteiger partial charge in [-0.15, -0.1) is 0 Å². The quantitative estimate of drug-likeness (QED) is 0.678. The van der Waals surface area contributed by atoms with Crippen LogP contribution in [-0.4, -0.2) is 19.3 Å². The molecule has 1 aliphatic rings. The van der Waals surface area contributed by atoms with Crippen molar-refractivity contribution in [2.45, 2.75) is 40.7 Å². The van der Waals surface area contributed by atoms with E-state index >= 15 is 0 Å². The van der Waals surface area contributed by atoms with Crippen LogP contribution in [0.3, 0.4) is 0 Å². The number of nitrogens with two attached hydrogens (primary N) is 1. The fraction of sp³-hybridized carbons (Fsp3) is 1.00. The van der Waals surface area contributed by atoms with Crippen molar-refractivity contribution in [3.05, 3.63) is 0 Å².